The van der Waals surface area contributed by atoms with Crippen molar-refractivity contribution in [3.05, 3.63) is 0 Å². The third kappa shape index (κ3) is 3.52. The first kappa shape index (κ1) is 8.96. The maximum absolute atomic E-state index is 5.43. The zero-order valence-corrected chi connectivity index (χ0v) is 7.07. The Bertz CT molecular complexity index is 71.1. The molecule has 0 rings (SSSR count). The van der Waals surface area contributed by atoms with Gasteiger partial charge in [-0.25, -0.2) is 0 Å². The standard InChI is InChI=1S/C8H19N/c1-7(5-6-9)8(2,3)4/h7H,5-6,9H2,1-4H3/t7-/m0/s1. The van der Waals surface area contributed by atoms with Crippen LogP contribution in [0.25, 0.3) is 0 Å². The van der Waals surface area contributed by atoms with Gasteiger partial charge in [-0.1, -0.05) is 27.7 Å². The third-order valence-corrected chi connectivity index (χ3v) is 2.08. The van der Waals surface area contributed by atoms with Crippen molar-refractivity contribution in [3.63, 3.8) is 0 Å². The van der Waals surface area contributed by atoms with E-state index in [1.54, 1.807) is 0 Å². The number of nitrogens with two attached hydrogens (primary N) is 1. The maximum atomic E-state index is 5.43. The molecule has 2 N–H and O–H groups in total. The summed E-state index contributed by atoms with van der Waals surface area (Å²) in [5, 5.41) is 0. The minimum Gasteiger partial charge on any atom is -0.330 e. The van der Waals surface area contributed by atoms with E-state index in [0.29, 0.717) is 5.41 Å². The Morgan fingerprint density at radius 2 is 1.78 bits per heavy atom. The molecule has 1 nitrogen and oxygen atoms in total. The molecule has 0 unspecified atom stereocenters. The molecule has 0 spiro atoms. The molecule has 0 aromatic heterocycles. The molecule has 0 radical (unpaired) electrons. The lowest BCUT2D eigenvalue weighted by atomic mass is 9.80. The molecule has 1 heteroatoms. The predicted molar refractivity (Wildman–Crippen MR) is 42.3 cm³/mol. The number of hydrogen-bond donors (Lipinski definition) is 1. The van der Waals surface area contributed by atoms with Gasteiger partial charge in [0.2, 0.25) is 0 Å². The van der Waals surface area contributed by atoms with Gasteiger partial charge in [0, 0.05) is 0 Å². The first-order valence-corrected chi connectivity index (χ1v) is 3.68. The largest absolute Gasteiger partial charge is 0.330 e. The Morgan fingerprint density at radius 3 is 1.89 bits per heavy atom. The average Bonchev–Trinajstić information content (AvgIpc) is 1.64. The zero-order valence-electron chi connectivity index (χ0n) is 7.07. The highest BCUT2D eigenvalue weighted by Crippen LogP contribution is 2.27. The highest BCUT2D eigenvalue weighted by Gasteiger charge is 2.18. The smallest absolute Gasteiger partial charge is 0.00745 e. The van der Waals surface area contributed by atoms with Gasteiger partial charge in [0.05, 0.1) is 0 Å². The molecule has 0 aliphatic carbocycles. The van der Waals surface area contributed by atoms with Crippen LogP contribution < -0.4 is 5.73 Å². The van der Waals surface area contributed by atoms with Gasteiger partial charge in [-0.05, 0) is 24.3 Å². The highest BCUT2D eigenvalue weighted by atomic mass is 14.5. The van der Waals surface area contributed by atoms with Crippen LogP contribution in [-0.4, -0.2) is 6.54 Å². The summed E-state index contributed by atoms with van der Waals surface area (Å²) in [6, 6.07) is 0. The first-order valence-electron chi connectivity index (χ1n) is 3.68. The topological polar surface area (TPSA) is 26.0 Å². The van der Waals surface area contributed by atoms with E-state index >= 15 is 0 Å². The van der Waals surface area contributed by atoms with Gasteiger partial charge < -0.3 is 5.73 Å². The fourth-order valence-corrected chi connectivity index (χ4v) is 0.683. The Morgan fingerprint density at radius 1 is 1.33 bits per heavy atom. The van der Waals surface area contributed by atoms with Crippen LogP contribution in [-0.2, 0) is 0 Å². The fraction of sp³-hybridized carbons (Fsp3) is 1.00. The van der Waals surface area contributed by atoms with Crippen molar-refractivity contribution in [2.45, 2.75) is 34.1 Å². The van der Waals surface area contributed by atoms with Crippen molar-refractivity contribution >= 4 is 0 Å². The van der Waals surface area contributed by atoms with Gasteiger partial charge in [0.1, 0.15) is 0 Å². The summed E-state index contributed by atoms with van der Waals surface area (Å²) < 4.78 is 0. The van der Waals surface area contributed by atoms with Gasteiger partial charge in [-0.15, -0.1) is 0 Å². The van der Waals surface area contributed by atoms with Gasteiger partial charge in [0.25, 0.3) is 0 Å². The van der Waals surface area contributed by atoms with Crippen molar-refractivity contribution in [1.29, 1.82) is 0 Å². The molecule has 1 atom stereocenters. The Labute approximate surface area is 58.6 Å². The summed E-state index contributed by atoms with van der Waals surface area (Å²) in [7, 11) is 0. The van der Waals surface area contributed by atoms with Gasteiger partial charge in [-0.3, -0.25) is 0 Å². The van der Waals surface area contributed by atoms with E-state index in [-0.39, 0.29) is 0 Å². The highest BCUT2D eigenvalue weighted by molar-refractivity contribution is 4.69. The summed E-state index contributed by atoms with van der Waals surface area (Å²) >= 11 is 0. The number of hydrogen-bond acceptors (Lipinski definition) is 1. The van der Waals surface area contributed by atoms with Crippen molar-refractivity contribution in [2.75, 3.05) is 6.54 Å². The molecule has 0 heterocycles. The molecule has 0 amide bonds. The first-order chi connectivity index (χ1) is 3.98. The van der Waals surface area contributed by atoms with Crippen LogP contribution in [0.5, 0.6) is 0 Å². The molecule has 0 aromatic carbocycles. The molecular weight excluding hydrogens is 110 g/mol. The van der Waals surface area contributed by atoms with Crippen LogP contribution in [0, 0.1) is 11.3 Å². The van der Waals surface area contributed by atoms with E-state index in [0.717, 1.165) is 18.9 Å². The number of rotatable bonds is 2. The Kier molecular flexibility index (Phi) is 3.20. The Hall–Kier alpha value is -0.0400. The molecule has 9 heavy (non-hydrogen) atoms. The van der Waals surface area contributed by atoms with E-state index in [4.69, 9.17) is 5.73 Å². The second-order valence-corrected chi connectivity index (χ2v) is 3.84. The monoisotopic (exact) mass is 129 g/mol. The van der Waals surface area contributed by atoms with Crippen molar-refractivity contribution < 1.29 is 0 Å². The van der Waals surface area contributed by atoms with Crippen LogP contribution in [0.2, 0.25) is 0 Å². The van der Waals surface area contributed by atoms with E-state index < -0.39 is 0 Å². The van der Waals surface area contributed by atoms with Gasteiger partial charge in [0.15, 0.2) is 0 Å². The van der Waals surface area contributed by atoms with Crippen molar-refractivity contribution in [1.82, 2.24) is 0 Å². The Balaban J connectivity index is 3.59. The molecule has 0 saturated heterocycles. The lowest BCUT2D eigenvalue weighted by Crippen LogP contribution is -2.20. The van der Waals surface area contributed by atoms with Crippen LogP contribution in [0.1, 0.15) is 34.1 Å². The SMILES string of the molecule is C[C@@H](CCN)C(C)(C)C. The summed E-state index contributed by atoms with van der Waals surface area (Å²) in [6.45, 7) is 9.85. The normalized spacial score (nSPS) is 15.7. The molecule has 0 saturated carbocycles. The molecule has 56 valence electrons. The third-order valence-electron chi connectivity index (χ3n) is 2.08. The average molecular weight is 129 g/mol. The minimum absolute atomic E-state index is 0.430. The van der Waals surface area contributed by atoms with E-state index in [2.05, 4.69) is 27.7 Å². The molecule has 0 aromatic rings. The van der Waals surface area contributed by atoms with E-state index in [9.17, 15) is 0 Å². The van der Waals surface area contributed by atoms with E-state index in [1.165, 1.54) is 0 Å². The predicted octanol–water partition coefficient (Wildman–Crippen LogP) is 2.02. The molecule has 0 fully saturated rings. The van der Waals surface area contributed by atoms with Gasteiger partial charge in [-0.2, -0.15) is 0 Å². The minimum atomic E-state index is 0.430. The maximum Gasteiger partial charge on any atom is -0.00745 e. The second kappa shape index (κ2) is 3.21. The molecule has 0 bridgehead atoms. The second-order valence-electron chi connectivity index (χ2n) is 3.84. The summed E-state index contributed by atoms with van der Waals surface area (Å²) in [4.78, 5) is 0. The van der Waals surface area contributed by atoms with Crippen molar-refractivity contribution in [3.8, 4) is 0 Å². The lowest BCUT2D eigenvalue weighted by Gasteiger charge is -2.26. The lowest BCUT2D eigenvalue weighted by molar-refractivity contribution is 0.250. The van der Waals surface area contributed by atoms with E-state index in [1.807, 2.05) is 0 Å². The van der Waals surface area contributed by atoms with Crippen LogP contribution in [0.3, 0.4) is 0 Å². The summed E-state index contributed by atoms with van der Waals surface area (Å²) in [6.07, 6.45) is 1.14. The van der Waals surface area contributed by atoms with Gasteiger partial charge >= 0.3 is 0 Å². The summed E-state index contributed by atoms with van der Waals surface area (Å²) in [5.41, 5.74) is 5.86. The summed E-state index contributed by atoms with van der Waals surface area (Å²) in [5.74, 6) is 0.738. The van der Waals surface area contributed by atoms with Crippen LogP contribution >= 0.6 is 0 Å². The quantitative estimate of drug-likeness (QED) is 0.606. The van der Waals surface area contributed by atoms with Crippen LogP contribution in [0.4, 0.5) is 0 Å². The zero-order chi connectivity index (χ0) is 7.49. The molecule has 0 aliphatic rings. The fourth-order valence-electron chi connectivity index (χ4n) is 0.683. The van der Waals surface area contributed by atoms with Crippen LogP contribution in [0.15, 0.2) is 0 Å². The van der Waals surface area contributed by atoms with Crippen molar-refractivity contribution in [2.24, 2.45) is 17.1 Å². The molecule has 0 aliphatic heterocycles. The molecular formula is C8H19N.